The van der Waals surface area contributed by atoms with Gasteiger partial charge in [-0.3, -0.25) is 0 Å². The second-order valence-electron chi connectivity index (χ2n) is 4.83. The van der Waals surface area contributed by atoms with Gasteiger partial charge in [-0.05, 0) is 42.5 Å². The van der Waals surface area contributed by atoms with Crippen LogP contribution in [0, 0.1) is 0 Å². The minimum absolute atomic E-state index is 0.149. The van der Waals surface area contributed by atoms with Crippen LogP contribution in [0.15, 0.2) is 61.2 Å². The van der Waals surface area contributed by atoms with Gasteiger partial charge >= 0.3 is 5.97 Å². The van der Waals surface area contributed by atoms with Crippen molar-refractivity contribution in [2.24, 2.45) is 0 Å². The van der Waals surface area contributed by atoms with Crippen LogP contribution in [0.3, 0.4) is 0 Å². The van der Waals surface area contributed by atoms with Crippen LogP contribution in [0.5, 0.6) is 5.75 Å². The zero-order valence-corrected chi connectivity index (χ0v) is 13.4. The maximum absolute atomic E-state index is 12.0. The largest absolute Gasteiger partial charge is 0.490 e. The molecule has 0 saturated heterocycles. The van der Waals surface area contributed by atoms with Crippen molar-refractivity contribution in [1.82, 2.24) is 14.8 Å². The molecular weight excluding hydrogens is 330 g/mol. The number of carbonyl (C=O) groups excluding carboxylic acids is 1. The lowest BCUT2D eigenvalue weighted by molar-refractivity contribution is 0.0450. The first-order chi connectivity index (χ1) is 11.7. The van der Waals surface area contributed by atoms with Crippen LogP contribution < -0.4 is 4.74 Å². The zero-order valence-electron chi connectivity index (χ0n) is 12.6. The second-order valence-corrected chi connectivity index (χ2v) is 5.27. The standard InChI is InChI=1S/C17H14ClN3O3/c18-14-2-1-3-16(10-14)23-8-9-24-17(22)13-4-6-15(7-5-13)21-12-19-11-20-21/h1-7,10-12H,8-9H2. The Morgan fingerprint density at radius 2 is 1.96 bits per heavy atom. The maximum atomic E-state index is 12.0. The summed E-state index contributed by atoms with van der Waals surface area (Å²) < 4.78 is 12.2. The number of halogens is 1. The predicted molar refractivity (Wildman–Crippen MR) is 88.6 cm³/mol. The van der Waals surface area contributed by atoms with Crippen LogP contribution in [0.1, 0.15) is 10.4 Å². The third-order valence-corrected chi connectivity index (χ3v) is 3.40. The molecule has 0 aliphatic carbocycles. The summed E-state index contributed by atoms with van der Waals surface area (Å²) >= 11 is 5.86. The quantitative estimate of drug-likeness (QED) is 0.508. The van der Waals surface area contributed by atoms with Gasteiger partial charge in [0.25, 0.3) is 0 Å². The number of nitrogens with zero attached hydrogens (tertiary/aromatic N) is 3. The van der Waals surface area contributed by atoms with Crippen LogP contribution in [-0.2, 0) is 4.74 Å². The SMILES string of the molecule is O=C(OCCOc1cccc(Cl)c1)c1ccc(-n2cncn2)cc1. The van der Waals surface area contributed by atoms with E-state index in [0.29, 0.717) is 16.3 Å². The van der Waals surface area contributed by atoms with E-state index in [1.807, 2.05) is 0 Å². The van der Waals surface area contributed by atoms with Gasteiger partial charge in [0, 0.05) is 5.02 Å². The first kappa shape index (κ1) is 16.0. The molecule has 7 heteroatoms. The Hall–Kier alpha value is -2.86. The first-order valence-electron chi connectivity index (χ1n) is 7.23. The molecule has 0 aliphatic rings. The van der Waals surface area contributed by atoms with E-state index in [0.717, 1.165) is 5.69 Å². The van der Waals surface area contributed by atoms with Crippen molar-refractivity contribution in [2.45, 2.75) is 0 Å². The number of rotatable bonds is 6. The molecule has 122 valence electrons. The molecule has 3 rings (SSSR count). The molecule has 0 amide bonds. The molecule has 0 N–H and O–H groups in total. The van der Waals surface area contributed by atoms with Crippen LogP contribution >= 0.6 is 11.6 Å². The Bertz CT molecular complexity index is 804. The van der Waals surface area contributed by atoms with E-state index in [4.69, 9.17) is 21.1 Å². The molecule has 1 aromatic heterocycles. The molecule has 24 heavy (non-hydrogen) atoms. The van der Waals surface area contributed by atoms with Gasteiger partial charge in [-0.15, -0.1) is 0 Å². The van der Waals surface area contributed by atoms with Crippen LogP contribution in [0.2, 0.25) is 5.02 Å². The van der Waals surface area contributed by atoms with Gasteiger partial charge in [0.05, 0.1) is 11.3 Å². The number of hydrogen-bond acceptors (Lipinski definition) is 5. The smallest absolute Gasteiger partial charge is 0.338 e. The van der Waals surface area contributed by atoms with Crippen molar-refractivity contribution >= 4 is 17.6 Å². The summed E-state index contributed by atoms with van der Waals surface area (Å²) in [6, 6.07) is 13.9. The van der Waals surface area contributed by atoms with Crippen molar-refractivity contribution in [3.8, 4) is 11.4 Å². The van der Waals surface area contributed by atoms with E-state index < -0.39 is 5.97 Å². The topological polar surface area (TPSA) is 66.2 Å². The molecular formula is C17H14ClN3O3. The Labute approximate surface area is 143 Å². The number of ether oxygens (including phenoxy) is 2. The summed E-state index contributed by atoms with van der Waals surface area (Å²) in [6.45, 7) is 0.402. The monoisotopic (exact) mass is 343 g/mol. The lowest BCUT2D eigenvalue weighted by atomic mass is 10.2. The summed E-state index contributed by atoms with van der Waals surface area (Å²) in [6.07, 6.45) is 3.03. The van der Waals surface area contributed by atoms with Crippen molar-refractivity contribution in [1.29, 1.82) is 0 Å². The second kappa shape index (κ2) is 7.61. The average molecular weight is 344 g/mol. The highest BCUT2D eigenvalue weighted by Crippen LogP contribution is 2.17. The molecule has 0 saturated carbocycles. The lowest BCUT2D eigenvalue weighted by Crippen LogP contribution is -2.12. The summed E-state index contributed by atoms with van der Waals surface area (Å²) in [5.41, 5.74) is 1.27. The Balaban J connectivity index is 1.48. The van der Waals surface area contributed by atoms with Gasteiger partial charge in [-0.25, -0.2) is 14.5 Å². The molecule has 3 aromatic rings. The molecule has 0 fully saturated rings. The number of benzene rings is 2. The van der Waals surface area contributed by atoms with Crippen LogP contribution in [-0.4, -0.2) is 33.9 Å². The van der Waals surface area contributed by atoms with Crippen molar-refractivity contribution in [2.75, 3.05) is 13.2 Å². The number of aromatic nitrogens is 3. The van der Waals surface area contributed by atoms with Crippen LogP contribution in [0.4, 0.5) is 0 Å². The van der Waals surface area contributed by atoms with Gasteiger partial charge in [0.1, 0.15) is 31.6 Å². The molecule has 6 nitrogen and oxygen atoms in total. The summed E-state index contributed by atoms with van der Waals surface area (Å²) in [4.78, 5) is 15.8. The van der Waals surface area contributed by atoms with E-state index >= 15 is 0 Å². The van der Waals surface area contributed by atoms with E-state index in [-0.39, 0.29) is 13.2 Å². The highest BCUT2D eigenvalue weighted by atomic mass is 35.5. The summed E-state index contributed by atoms with van der Waals surface area (Å²) in [5.74, 6) is 0.227. The first-order valence-corrected chi connectivity index (χ1v) is 7.61. The Morgan fingerprint density at radius 3 is 2.67 bits per heavy atom. The molecule has 0 aliphatic heterocycles. The minimum atomic E-state index is -0.408. The molecule has 0 radical (unpaired) electrons. The molecule has 1 heterocycles. The maximum Gasteiger partial charge on any atom is 0.338 e. The summed E-state index contributed by atoms with van der Waals surface area (Å²) in [5, 5.41) is 4.61. The van der Waals surface area contributed by atoms with E-state index in [2.05, 4.69) is 10.1 Å². The lowest BCUT2D eigenvalue weighted by Gasteiger charge is -2.08. The number of esters is 1. The van der Waals surface area contributed by atoms with Gasteiger partial charge < -0.3 is 9.47 Å². The van der Waals surface area contributed by atoms with Gasteiger partial charge in [0.2, 0.25) is 0 Å². The fraction of sp³-hybridized carbons (Fsp3) is 0.118. The van der Waals surface area contributed by atoms with E-state index in [1.54, 1.807) is 59.5 Å². The number of carbonyl (C=O) groups is 1. The minimum Gasteiger partial charge on any atom is -0.490 e. The highest BCUT2D eigenvalue weighted by Gasteiger charge is 2.07. The summed E-state index contributed by atoms with van der Waals surface area (Å²) in [7, 11) is 0. The fourth-order valence-corrected chi connectivity index (χ4v) is 2.21. The average Bonchev–Trinajstić information content (AvgIpc) is 3.13. The predicted octanol–water partition coefficient (Wildman–Crippen LogP) is 3.16. The molecule has 0 spiro atoms. The molecule has 0 atom stereocenters. The highest BCUT2D eigenvalue weighted by molar-refractivity contribution is 6.30. The van der Waals surface area contributed by atoms with E-state index in [1.165, 1.54) is 6.33 Å². The molecule has 0 bridgehead atoms. The third kappa shape index (κ3) is 4.11. The molecule has 0 unspecified atom stereocenters. The zero-order chi connectivity index (χ0) is 16.8. The van der Waals surface area contributed by atoms with Crippen molar-refractivity contribution in [3.63, 3.8) is 0 Å². The van der Waals surface area contributed by atoms with Crippen molar-refractivity contribution in [3.05, 3.63) is 71.8 Å². The Morgan fingerprint density at radius 1 is 1.12 bits per heavy atom. The van der Waals surface area contributed by atoms with Gasteiger partial charge in [0.15, 0.2) is 0 Å². The third-order valence-electron chi connectivity index (χ3n) is 3.17. The number of hydrogen-bond donors (Lipinski definition) is 0. The van der Waals surface area contributed by atoms with Gasteiger partial charge in [-0.2, -0.15) is 5.10 Å². The van der Waals surface area contributed by atoms with Crippen LogP contribution in [0.25, 0.3) is 5.69 Å². The van der Waals surface area contributed by atoms with Gasteiger partial charge in [-0.1, -0.05) is 17.7 Å². The van der Waals surface area contributed by atoms with E-state index in [9.17, 15) is 4.79 Å². The molecule has 2 aromatic carbocycles. The Kier molecular flexibility index (Phi) is 5.08. The van der Waals surface area contributed by atoms with Crippen molar-refractivity contribution < 1.29 is 14.3 Å². The fourth-order valence-electron chi connectivity index (χ4n) is 2.03. The normalized spacial score (nSPS) is 10.4.